The molecule has 0 spiro atoms. The number of nitrogens with zero attached hydrogens (tertiary/aromatic N) is 2. The van der Waals surface area contributed by atoms with Gasteiger partial charge in [0.05, 0.1) is 24.0 Å². The van der Waals surface area contributed by atoms with Gasteiger partial charge in [-0.05, 0) is 62.6 Å². The van der Waals surface area contributed by atoms with E-state index in [4.69, 9.17) is 9.84 Å². The first-order valence-corrected chi connectivity index (χ1v) is 10.3. The molecule has 1 N–H and O–H groups in total. The van der Waals surface area contributed by atoms with Gasteiger partial charge in [-0.1, -0.05) is 32.6 Å². The number of ether oxygens (including phenoxy) is 1. The molecule has 1 aliphatic rings. The Balaban J connectivity index is 1.90. The molecule has 0 amide bonds. The Bertz CT molecular complexity index is 815. The minimum atomic E-state index is -0.914. The van der Waals surface area contributed by atoms with Crippen LogP contribution >= 0.6 is 0 Å². The minimum absolute atomic E-state index is 0.291. The lowest BCUT2D eigenvalue weighted by molar-refractivity contribution is -0.132. The molecule has 1 heterocycles. The molecule has 1 aromatic heterocycles. The van der Waals surface area contributed by atoms with E-state index in [2.05, 4.69) is 23.7 Å². The van der Waals surface area contributed by atoms with Crippen molar-refractivity contribution >= 4 is 12.0 Å². The van der Waals surface area contributed by atoms with Gasteiger partial charge in [0.25, 0.3) is 0 Å². The summed E-state index contributed by atoms with van der Waals surface area (Å²) in [5, 5.41) is 13.9. The van der Waals surface area contributed by atoms with Gasteiger partial charge in [-0.25, -0.2) is 4.79 Å². The molecule has 5 heteroatoms. The van der Waals surface area contributed by atoms with Crippen molar-refractivity contribution in [1.29, 1.82) is 0 Å². The number of carboxylic acid groups (broad SMARTS) is 1. The van der Waals surface area contributed by atoms with Crippen LogP contribution in [0.1, 0.15) is 70.5 Å². The molecule has 0 saturated heterocycles. The number of hydrogen-bond donors (Lipinski definition) is 1. The van der Waals surface area contributed by atoms with E-state index in [0.29, 0.717) is 17.3 Å². The Kier molecular flexibility index (Phi) is 6.90. The molecule has 150 valence electrons. The molecule has 2 aromatic rings. The summed E-state index contributed by atoms with van der Waals surface area (Å²) in [5.74, 6) is -0.0369. The molecule has 3 rings (SSSR count). The third-order valence-electron chi connectivity index (χ3n) is 5.29. The highest BCUT2D eigenvalue weighted by atomic mass is 16.5. The first-order valence-electron chi connectivity index (χ1n) is 10.3. The maximum atomic E-state index is 11.2. The fourth-order valence-corrected chi connectivity index (χ4v) is 3.64. The van der Waals surface area contributed by atoms with Gasteiger partial charge in [0.15, 0.2) is 0 Å². The molecule has 0 radical (unpaired) electrons. The van der Waals surface area contributed by atoms with Crippen LogP contribution in [0.5, 0.6) is 5.75 Å². The number of aromatic nitrogens is 2. The largest absolute Gasteiger partial charge is 0.494 e. The highest BCUT2D eigenvalue weighted by molar-refractivity contribution is 5.91. The van der Waals surface area contributed by atoms with Crippen molar-refractivity contribution in [1.82, 2.24) is 9.78 Å². The van der Waals surface area contributed by atoms with Crippen LogP contribution in [0.4, 0.5) is 0 Å². The van der Waals surface area contributed by atoms with Crippen molar-refractivity contribution in [2.45, 2.75) is 64.8 Å². The van der Waals surface area contributed by atoms with Crippen LogP contribution in [0.15, 0.2) is 35.9 Å². The molecular weight excluding hydrogens is 352 g/mol. The Morgan fingerprint density at radius 2 is 1.96 bits per heavy atom. The van der Waals surface area contributed by atoms with Gasteiger partial charge < -0.3 is 9.84 Å². The van der Waals surface area contributed by atoms with E-state index in [-0.39, 0.29) is 0 Å². The van der Waals surface area contributed by atoms with E-state index in [1.54, 1.807) is 13.0 Å². The molecule has 1 aromatic carbocycles. The SMILES string of the molecule is CCCCOc1ccc(-c2cc(/C=C(\C)C(=O)O)nn2C2CCCCC2)cc1. The summed E-state index contributed by atoms with van der Waals surface area (Å²) in [6.07, 6.45) is 9.76. The van der Waals surface area contributed by atoms with Crippen molar-refractivity contribution in [3.8, 4) is 17.0 Å². The zero-order valence-corrected chi connectivity index (χ0v) is 16.9. The number of carbonyl (C=O) groups is 1. The fourth-order valence-electron chi connectivity index (χ4n) is 3.64. The summed E-state index contributed by atoms with van der Waals surface area (Å²) in [6, 6.07) is 10.5. The van der Waals surface area contributed by atoms with Gasteiger partial charge in [-0.2, -0.15) is 5.10 Å². The Morgan fingerprint density at radius 1 is 1.25 bits per heavy atom. The van der Waals surface area contributed by atoms with E-state index in [1.165, 1.54) is 19.3 Å². The van der Waals surface area contributed by atoms with Gasteiger partial charge in [-0.15, -0.1) is 0 Å². The second-order valence-electron chi connectivity index (χ2n) is 7.55. The summed E-state index contributed by atoms with van der Waals surface area (Å²) >= 11 is 0. The number of aliphatic carboxylic acids is 1. The van der Waals surface area contributed by atoms with Crippen LogP contribution in [-0.2, 0) is 4.79 Å². The molecule has 1 saturated carbocycles. The topological polar surface area (TPSA) is 64.3 Å². The predicted octanol–water partition coefficient (Wildman–Crippen LogP) is 5.72. The van der Waals surface area contributed by atoms with E-state index in [9.17, 15) is 9.90 Å². The van der Waals surface area contributed by atoms with E-state index < -0.39 is 5.97 Å². The molecule has 28 heavy (non-hydrogen) atoms. The highest BCUT2D eigenvalue weighted by Gasteiger charge is 2.20. The maximum absolute atomic E-state index is 11.2. The van der Waals surface area contributed by atoms with E-state index >= 15 is 0 Å². The molecule has 1 fully saturated rings. The first kappa shape index (κ1) is 20.2. The van der Waals surface area contributed by atoms with Gasteiger partial charge in [0, 0.05) is 11.1 Å². The summed E-state index contributed by atoms with van der Waals surface area (Å²) < 4.78 is 7.88. The number of benzene rings is 1. The van der Waals surface area contributed by atoms with Crippen molar-refractivity contribution in [2.75, 3.05) is 6.61 Å². The monoisotopic (exact) mass is 382 g/mol. The number of hydrogen-bond acceptors (Lipinski definition) is 3. The summed E-state index contributed by atoms with van der Waals surface area (Å²) in [7, 11) is 0. The fraction of sp³-hybridized carbons (Fsp3) is 0.478. The molecule has 0 aliphatic heterocycles. The summed E-state index contributed by atoms with van der Waals surface area (Å²) in [4.78, 5) is 11.2. The second kappa shape index (κ2) is 9.58. The number of carboxylic acids is 1. The standard InChI is InChI=1S/C23H30N2O3/c1-3-4-14-28-21-12-10-18(11-13-21)22-16-19(15-17(2)23(26)27)24-25(22)20-8-6-5-7-9-20/h10-13,15-16,20H,3-9,14H2,1-2H3,(H,26,27)/b17-15+. The smallest absolute Gasteiger partial charge is 0.331 e. The van der Waals surface area contributed by atoms with Crippen LogP contribution in [-0.4, -0.2) is 27.5 Å². The average Bonchev–Trinajstić information content (AvgIpc) is 3.13. The predicted molar refractivity (Wildman–Crippen MR) is 111 cm³/mol. The zero-order chi connectivity index (χ0) is 19.9. The van der Waals surface area contributed by atoms with Crippen LogP contribution in [0.2, 0.25) is 0 Å². The number of unbranched alkanes of at least 4 members (excludes halogenated alkanes) is 1. The molecule has 0 atom stereocenters. The van der Waals surface area contributed by atoms with Crippen molar-refractivity contribution in [3.63, 3.8) is 0 Å². The van der Waals surface area contributed by atoms with Crippen LogP contribution in [0, 0.1) is 0 Å². The van der Waals surface area contributed by atoms with E-state index in [1.807, 2.05) is 18.2 Å². The third-order valence-corrected chi connectivity index (χ3v) is 5.29. The number of rotatable bonds is 8. The lowest BCUT2D eigenvalue weighted by atomic mass is 9.95. The lowest BCUT2D eigenvalue weighted by Gasteiger charge is -2.24. The molecule has 0 unspecified atom stereocenters. The summed E-state index contributed by atoms with van der Waals surface area (Å²) in [5.41, 5.74) is 3.10. The molecule has 1 aliphatic carbocycles. The van der Waals surface area contributed by atoms with Gasteiger partial charge in [0.2, 0.25) is 0 Å². The highest BCUT2D eigenvalue weighted by Crippen LogP contribution is 2.33. The van der Waals surface area contributed by atoms with Crippen LogP contribution in [0.3, 0.4) is 0 Å². The van der Waals surface area contributed by atoms with Gasteiger partial charge >= 0.3 is 5.97 Å². The van der Waals surface area contributed by atoms with Gasteiger partial charge in [-0.3, -0.25) is 4.68 Å². The zero-order valence-electron chi connectivity index (χ0n) is 16.9. The van der Waals surface area contributed by atoms with E-state index in [0.717, 1.165) is 49.3 Å². The Hall–Kier alpha value is -2.56. The minimum Gasteiger partial charge on any atom is -0.494 e. The first-order chi connectivity index (χ1) is 13.6. The molecule has 5 nitrogen and oxygen atoms in total. The Labute approximate surface area is 167 Å². The van der Waals surface area contributed by atoms with Gasteiger partial charge in [0.1, 0.15) is 5.75 Å². The van der Waals surface area contributed by atoms with Crippen LogP contribution < -0.4 is 4.74 Å². The van der Waals surface area contributed by atoms with Crippen molar-refractivity contribution < 1.29 is 14.6 Å². The second-order valence-corrected chi connectivity index (χ2v) is 7.55. The summed E-state index contributed by atoms with van der Waals surface area (Å²) in [6.45, 7) is 4.49. The quantitative estimate of drug-likeness (QED) is 0.468. The lowest BCUT2D eigenvalue weighted by Crippen LogP contribution is -2.15. The maximum Gasteiger partial charge on any atom is 0.331 e. The molecular formula is C23H30N2O3. The average molecular weight is 383 g/mol. The normalized spacial score (nSPS) is 15.6. The van der Waals surface area contributed by atoms with Crippen LogP contribution in [0.25, 0.3) is 17.3 Å². The third kappa shape index (κ3) is 5.03. The van der Waals surface area contributed by atoms with Crippen molar-refractivity contribution in [3.05, 3.63) is 41.6 Å². The van der Waals surface area contributed by atoms with Crippen molar-refractivity contribution in [2.24, 2.45) is 0 Å². The molecule has 0 bridgehead atoms. The Morgan fingerprint density at radius 3 is 2.61 bits per heavy atom.